The van der Waals surface area contributed by atoms with Crippen LogP contribution in [0.3, 0.4) is 0 Å². The lowest BCUT2D eigenvalue weighted by Gasteiger charge is -2.25. The molecule has 0 N–H and O–H groups in total. The molecule has 0 spiro atoms. The fourth-order valence-corrected chi connectivity index (χ4v) is 4.35. The van der Waals surface area contributed by atoms with Crippen molar-refractivity contribution < 1.29 is 17.6 Å². The van der Waals surface area contributed by atoms with Crippen LogP contribution in [0.4, 0.5) is 0 Å². The van der Waals surface area contributed by atoms with Gasteiger partial charge in [0.1, 0.15) is 11.5 Å². The highest BCUT2D eigenvalue weighted by Crippen LogP contribution is 2.23. The maximum absolute atomic E-state index is 12.6. The van der Waals surface area contributed by atoms with Crippen molar-refractivity contribution >= 4 is 15.7 Å². The molecular weight excluding hydrogens is 388 g/mol. The van der Waals surface area contributed by atoms with Crippen molar-refractivity contribution in [2.75, 3.05) is 12.8 Å². The number of carbonyl (C=O) groups excluding carboxylic acids is 1. The molecule has 3 rings (SSSR count). The van der Waals surface area contributed by atoms with Crippen molar-refractivity contribution in [2.45, 2.75) is 25.6 Å². The first-order chi connectivity index (χ1) is 13.8. The van der Waals surface area contributed by atoms with Crippen LogP contribution in [0.5, 0.6) is 0 Å². The van der Waals surface area contributed by atoms with Gasteiger partial charge in [0.15, 0.2) is 9.84 Å². The highest BCUT2D eigenvalue weighted by atomic mass is 32.2. The van der Waals surface area contributed by atoms with Crippen LogP contribution in [-0.4, -0.2) is 37.0 Å². The van der Waals surface area contributed by atoms with E-state index in [-0.39, 0.29) is 11.8 Å². The van der Waals surface area contributed by atoms with Crippen LogP contribution in [-0.2, 0) is 20.4 Å². The van der Waals surface area contributed by atoms with Gasteiger partial charge in [-0.05, 0) is 31.5 Å². The van der Waals surface area contributed by atoms with E-state index in [4.69, 9.17) is 4.42 Å². The first-order valence-corrected chi connectivity index (χ1v) is 11.1. The molecule has 0 radical (unpaired) electrons. The summed E-state index contributed by atoms with van der Waals surface area (Å²) >= 11 is 0. The number of rotatable bonds is 7. The molecule has 0 saturated carbocycles. The lowest BCUT2D eigenvalue weighted by molar-refractivity contribution is -0.129. The molecule has 0 bridgehead atoms. The summed E-state index contributed by atoms with van der Waals surface area (Å²) in [5.74, 6) is -0.562. The van der Waals surface area contributed by atoms with Crippen molar-refractivity contribution in [1.29, 1.82) is 0 Å². The Morgan fingerprint density at radius 2 is 1.66 bits per heavy atom. The summed E-state index contributed by atoms with van der Waals surface area (Å²) in [5.41, 5.74) is 2.04. The molecule has 6 nitrogen and oxygen atoms in total. The Bertz CT molecular complexity index is 1080. The Balaban J connectivity index is 1.70. The molecule has 0 fully saturated rings. The number of sulfone groups is 1. The molecule has 1 aromatic heterocycles. The Morgan fingerprint density at radius 1 is 1.07 bits per heavy atom. The lowest BCUT2D eigenvalue weighted by Crippen LogP contribution is -2.35. The zero-order valence-corrected chi connectivity index (χ0v) is 17.5. The van der Waals surface area contributed by atoms with Crippen molar-refractivity contribution in [3.63, 3.8) is 0 Å². The topological polar surface area (TPSA) is 80.5 Å². The molecule has 0 aliphatic heterocycles. The summed E-state index contributed by atoms with van der Waals surface area (Å²) in [4.78, 5) is 18.4. The van der Waals surface area contributed by atoms with Gasteiger partial charge in [-0.25, -0.2) is 13.4 Å². The SMILES string of the molecule is Cc1oc(-c2ccccc2)nc1CS(=O)(=O)CC(=O)N(C)[C@@H](C)c1ccccc1. The number of hydrogen-bond acceptors (Lipinski definition) is 5. The van der Waals surface area contributed by atoms with Crippen LogP contribution in [0, 0.1) is 6.92 Å². The minimum absolute atomic E-state index is 0.225. The van der Waals surface area contributed by atoms with Crippen LogP contribution >= 0.6 is 0 Å². The minimum atomic E-state index is -3.70. The van der Waals surface area contributed by atoms with E-state index in [1.165, 1.54) is 4.90 Å². The average molecular weight is 413 g/mol. The molecule has 0 saturated heterocycles. The second-order valence-corrected chi connectivity index (χ2v) is 9.08. The molecule has 7 heteroatoms. The number of amides is 1. The molecule has 0 unspecified atom stereocenters. The summed E-state index contributed by atoms with van der Waals surface area (Å²) in [6.45, 7) is 3.55. The Morgan fingerprint density at radius 3 is 2.28 bits per heavy atom. The highest BCUT2D eigenvalue weighted by molar-refractivity contribution is 7.91. The maximum Gasteiger partial charge on any atom is 0.238 e. The van der Waals surface area contributed by atoms with Crippen LogP contribution < -0.4 is 0 Å². The van der Waals surface area contributed by atoms with E-state index in [9.17, 15) is 13.2 Å². The number of aromatic nitrogens is 1. The van der Waals surface area contributed by atoms with E-state index in [0.717, 1.165) is 11.1 Å². The van der Waals surface area contributed by atoms with Crippen LogP contribution in [0.25, 0.3) is 11.5 Å². The summed E-state index contributed by atoms with van der Waals surface area (Å²) in [6.07, 6.45) is 0. The average Bonchev–Trinajstić information content (AvgIpc) is 3.07. The van der Waals surface area contributed by atoms with Crippen molar-refractivity contribution in [3.8, 4) is 11.5 Å². The van der Waals surface area contributed by atoms with E-state index in [1.807, 2.05) is 67.6 Å². The zero-order chi connectivity index (χ0) is 21.0. The number of hydrogen-bond donors (Lipinski definition) is 0. The molecule has 1 heterocycles. The molecular formula is C22H24N2O4S. The van der Waals surface area contributed by atoms with E-state index in [0.29, 0.717) is 17.3 Å². The predicted octanol–water partition coefficient (Wildman–Crippen LogP) is 3.78. The summed E-state index contributed by atoms with van der Waals surface area (Å²) in [7, 11) is -2.08. The third-order valence-electron chi connectivity index (χ3n) is 4.87. The normalized spacial score (nSPS) is 12.5. The van der Waals surface area contributed by atoms with Gasteiger partial charge in [0.05, 0.1) is 17.5 Å². The van der Waals surface area contributed by atoms with Crippen molar-refractivity contribution in [3.05, 3.63) is 77.7 Å². The largest absolute Gasteiger partial charge is 0.441 e. The quantitative estimate of drug-likeness (QED) is 0.590. The molecule has 1 amide bonds. The summed E-state index contributed by atoms with van der Waals surface area (Å²) in [6, 6.07) is 18.5. The van der Waals surface area contributed by atoms with Gasteiger partial charge in [-0.1, -0.05) is 48.5 Å². The van der Waals surface area contributed by atoms with E-state index in [1.54, 1.807) is 14.0 Å². The predicted molar refractivity (Wildman–Crippen MR) is 112 cm³/mol. The van der Waals surface area contributed by atoms with Gasteiger partial charge in [0.2, 0.25) is 11.8 Å². The fraction of sp³-hybridized carbons (Fsp3) is 0.273. The van der Waals surface area contributed by atoms with Gasteiger partial charge in [-0.3, -0.25) is 4.79 Å². The van der Waals surface area contributed by atoms with Crippen LogP contribution in [0.1, 0.15) is 30.0 Å². The fourth-order valence-electron chi connectivity index (χ4n) is 2.99. The number of benzene rings is 2. The van der Waals surface area contributed by atoms with Gasteiger partial charge in [0, 0.05) is 12.6 Å². The van der Waals surface area contributed by atoms with Gasteiger partial charge in [0.25, 0.3) is 0 Å². The first-order valence-electron chi connectivity index (χ1n) is 9.29. The lowest BCUT2D eigenvalue weighted by atomic mass is 10.1. The summed E-state index contributed by atoms with van der Waals surface area (Å²) in [5, 5.41) is 0. The van der Waals surface area contributed by atoms with Gasteiger partial charge >= 0.3 is 0 Å². The minimum Gasteiger partial charge on any atom is -0.441 e. The second kappa shape index (κ2) is 8.61. The molecule has 1 atom stereocenters. The second-order valence-electron chi connectivity index (χ2n) is 7.01. The number of oxazole rings is 1. The van der Waals surface area contributed by atoms with E-state index >= 15 is 0 Å². The van der Waals surface area contributed by atoms with Gasteiger partial charge in [-0.15, -0.1) is 0 Å². The summed E-state index contributed by atoms with van der Waals surface area (Å²) < 4.78 is 30.9. The molecule has 152 valence electrons. The van der Waals surface area contributed by atoms with Crippen LogP contribution in [0.2, 0.25) is 0 Å². The molecule has 3 aromatic rings. The third kappa shape index (κ3) is 5.12. The van der Waals surface area contributed by atoms with E-state index < -0.39 is 21.5 Å². The first kappa shape index (κ1) is 20.8. The molecule has 2 aromatic carbocycles. The zero-order valence-electron chi connectivity index (χ0n) is 16.7. The number of aryl methyl sites for hydroxylation is 1. The van der Waals surface area contributed by atoms with Crippen molar-refractivity contribution in [1.82, 2.24) is 9.88 Å². The Kier molecular flexibility index (Phi) is 6.17. The third-order valence-corrected chi connectivity index (χ3v) is 6.27. The molecule has 29 heavy (non-hydrogen) atoms. The molecule has 0 aliphatic rings. The Labute approximate surface area is 171 Å². The molecule has 0 aliphatic carbocycles. The monoisotopic (exact) mass is 412 g/mol. The van der Waals surface area contributed by atoms with E-state index in [2.05, 4.69) is 4.98 Å². The maximum atomic E-state index is 12.6. The number of carbonyl (C=O) groups is 1. The number of nitrogens with zero attached hydrogens (tertiary/aromatic N) is 2. The van der Waals surface area contributed by atoms with Gasteiger partial charge in [-0.2, -0.15) is 0 Å². The highest BCUT2D eigenvalue weighted by Gasteiger charge is 2.26. The van der Waals surface area contributed by atoms with Crippen molar-refractivity contribution in [2.24, 2.45) is 0 Å². The smallest absolute Gasteiger partial charge is 0.238 e. The standard InChI is InChI=1S/C22H24N2O4S/c1-16(18-10-6-4-7-11-18)24(3)21(25)15-29(26,27)14-20-17(2)28-22(23-20)19-12-8-5-9-13-19/h4-13,16H,14-15H2,1-3H3/t16-/m0/s1. The van der Waals surface area contributed by atoms with Gasteiger partial charge < -0.3 is 9.32 Å². The van der Waals surface area contributed by atoms with Crippen LogP contribution in [0.15, 0.2) is 65.1 Å². The Hall–Kier alpha value is -2.93.